The van der Waals surface area contributed by atoms with Crippen LogP contribution in [0.2, 0.25) is 0 Å². The number of thiocarbonyl (C=S) groups is 1. The molecule has 0 radical (unpaired) electrons. The Labute approximate surface area is 222 Å². The highest BCUT2D eigenvalue weighted by atomic mass is 32.1. The first kappa shape index (κ1) is 28.0. The highest BCUT2D eigenvalue weighted by Crippen LogP contribution is 2.29. The molecule has 0 aliphatic heterocycles. The van der Waals surface area contributed by atoms with Gasteiger partial charge in [-0.3, -0.25) is 4.79 Å². The predicted molar refractivity (Wildman–Crippen MR) is 148 cm³/mol. The summed E-state index contributed by atoms with van der Waals surface area (Å²) in [7, 11) is 0. The van der Waals surface area contributed by atoms with Gasteiger partial charge >= 0.3 is 0 Å². The van der Waals surface area contributed by atoms with Gasteiger partial charge in [0.1, 0.15) is 24.0 Å². The van der Waals surface area contributed by atoms with Crippen molar-refractivity contribution in [2.24, 2.45) is 0 Å². The van der Waals surface area contributed by atoms with Crippen LogP contribution in [0.1, 0.15) is 29.8 Å². The Morgan fingerprint density at radius 3 is 2.41 bits per heavy atom. The number of nitrogens with one attached hydrogen (secondary N) is 3. The number of anilines is 2. The summed E-state index contributed by atoms with van der Waals surface area (Å²) in [6, 6.07) is 17.3. The van der Waals surface area contributed by atoms with Gasteiger partial charge in [-0.15, -0.1) is 0 Å². The van der Waals surface area contributed by atoms with E-state index in [4.69, 9.17) is 17.0 Å². The molecule has 1 amide bonds. The lowest BCUT2D eigenvalue weighted by Crippen LogP contribution is -2.30. The molecule has 0 spiro atoms. The summed E-state index contributed by atoms with van der Waals surface area (Å²) in [5.74, 6) is -0.988. The van der Waals surface area contributed by atoms with Crippen LogP contribution in [0.3, 0.4) is 0 Å². The van der Waals surface area contributed by atoms with Crippen molar-refractivity contribution < 1.29 is 18.3 Å². The Morgan fingerprint density at radius 1 is 0.973 bits per heavy atom. The molecule has 196 valence electrons. The fourth-order valence-electron chi connectivity index (χ4n) is 3.63. The van der Waals surface area contributed by atoms with E-state index in [2.05, 4.69) is 34.7 Å². The third-order valence-corrected chi connectivity index (χ3v) is 6.02. The maximum Gasteiger partial charge on any atom is 0.258 e. The van der Waals surface area contributed by atoms with Crippen molar-refractivity contribution in [1.82, 2.24) is 10.2 Å². The van der Waals surface area contributed by atoms with Gasteiger partial charge in [0.05, 0.1) is 11.3 Å². The minimum Gasteiger partial charge on any atom is -0.490 e. The summed E-state index contributed by atoms with van der Waals surface area (Å²) < 4.78 is 33.2. The van der Waals surface area contributed by atoms with Crippen molar-refractivity contribution in [2.75, 3.05) is 43.4 Å². The van der Waals surface area contributed by atoms with Crippen LogP contribution in [-0.2, 0) is 6.42 Å². The normalized spacial score (nSPS) is 10.7. The Kier molecular flexibility index (Phi) is 10.8. The van der Waals surface area contributed by atoms with E-state index in [0.717, 1.165) is 18.7 Å². The smallest absolute Gasteiger partial charge is 0.258 e. The van der Waals surface area contributed by atoms with E-state index in [9.17, 15) is 13.6 Å². The second-order valence-corrected chi connectivity index (χ2v) is 8.69. The van der Waals surface area contributed by atoms with Crippen LogP contribution in [0.5, 0.6) is 5.75 Å². The summed E-state index contributed by atoms with van der Waals surface area (Å²) in [4.78, 5) is 14.9. The zero-order valence-electron chi connectivity index (χ0n) is 21.0. The monoisotopic (exact) mass is 526 g/mol. The van der Waals surface area contributed by atoms with Crippen LogP contribution in [0.4, 0.5) is 20.2 Å². The highest BCUT2D eigenvalue weighted by molar-refractivity contribution is 7.80. The van der Waals surface area contributed by atoms with Crippen LogP contribution in [0, 0.1) is 11.6 Å². The molecule has 3 aromatic rings. The van der Waals surface area contributed by atoms with Gasteiger partial charge in [-0.2, -0.15) is 0 Å². The molecule has 0 atom stereocenters. The summed E-state index contributed by atoms with van der Waals surface area (Å²) in [5, 5.41) is 9.41. The van der Waals surface area contributed by atoms with Crippen molar-refractivity contribution >= 4 is 34.6 Å². The fourth-order valence-corrected chi connectivity index (χ4v) is 3.85. The van der Waals surface area contributed by atoms with Gasteiger partial charge in [0, 0.05) is 24.8 Å². The number of amides is 1. The number of carbonyl (C=O) groups excluding carboxylic acids is 1. The molecule has 3 N–H and O–H groups in total. The standard InChI is InChI=1S/C28H32F2N4O2S/c1-3-34(4-2)17-18-36-26-19-22(32-28(37)31-16-15-20-9-11-21(29)12-10-20)13-14-25(26)33-27(35)23-7-5-6-8-24(23)30/h5-14,19H,3-4,15-18H2,1-2H3,(H,33,35)(H2,31,32,37). The van der Waals surface area contributed by atoms with Crippen LogP contribution >= 0.6 is 12.2 Å². The minimum atomic E-state index is -0.598. The topological polar surface area (TPSA) is 65.6 Å². The molecule has 0 saturated carbocycles. The largest absolute Gasteiger partial charge is 0.490 e. The van der Waals surface area contributed by atoms with Crippen LogP contribution in [0.15, 0.2) is 66.7 Å². The average Bonchev–Trinajstić information content (AvgIpc) is 2.89. The van der Waals surface area contributed by atoms with Gasteiger partial charge in [-0.05, 0) is 73.7 Å². The zero-order valence-corrected chi connectivity index (χ0v) is 21.8. The second-order valence-electron chi connectivity index (χ2n) is 8.28. The van der Waals surface area contributed by atoms with Gasteiger partial charge in [0.15, 0.2) is 5.11 Å². The number of carbonyl (C=O) groups is 1. The molecule has 0 aliphatic carbocycles. The molecule has 0 aliphatic rings. The lowest BCUT2D eigenvalue weighted by atomic mass is 10.1. The fraction of sp³-hybridized carbons (Fsp3) is 0.286. The molecular weight excluding hydrogens is 494 g/mol. The van der Waals surface area contributed by atoms with Gasteiger partial charge in [-0.1, -0.05) is 38.1 Å². The third-order valence-electron chi connectivity index (χ3n) is 5.78. The second kappa shape index (κ2) is 14.2. The Bertz CT molecular complexity index is 1190. The minimum absolute atomic E-state index is 0.0506. The predicted octanol–water partition coefficient (Wildman–Crippen LogP) is 5.47. The number of halogens is 2. The number of rotatable bonds is 12. The van der Waals surface area contributed by atoms with Gasteiger partial charge in [-0.25, -0.2) is 8.78 Å². The third kappa shape index (κ3) is 8.80. The van der Waals surface area contributed by atoms with Crippen LogP contribution < -0.4 is 20.7 Å². The highest BCUT2D eigenvalue weighted by Gasteiger charge is 2.15. The molecule has 0 saturated heterocycles. The zero-order chi connectivity index (χ0) is 26.6. The van der Waals surface area contributed by atoms with E-state index in [1.54, 1.807) is 36.4 Å². The van der Waals surface area contributed by atoms with Crippen LogP contribution in [0.25, 0.3) is 0 Å². The van der Waals surface area contributed by atoms with E-state index in [0.29, 0.717) is 48.4 Å². The van der Waals surface area contributed by atoms with E-state index in [1.807, 2.05) is 0 Å². The van der Waals surface area contributed by atoms with E-state index in [1.165, 1.54) is 30.3 Å². The number of hydrogen-bond donors (Lipinski definition) is 3. The van der Waals surface area contributed by atoms with E-state index in [-0.39, 0.29) is 11.4 Å². The number of benzene rings is 3. The van der Waals surface area contributed by atoms with E-state index < -0.39 is 11.7 Å². The number of likely N-dealkylation sites (N-methyl/N-ethyl adjacent to an activating group) is 1. The van der Waals surface area contributed by atoms with Gasteiger partial charge < -0.3 is 25.6 Å². The maximum atomic E-state index is 14.1. The first-order valence-electron chi connectivity index (χ1n) is 12.2. The molecule has 0 bridgehead atoms. The molecule has 9 heteroatoms. The number of hydrogen-bond acceptors (Lipinski definition) is 4. The van der Waals surface area contributed by atoms with Crippen molar-refractivity contribution in [2.45, 2.75) is 20.3 Å². The quantitative estimate of drug-likeness (QED) is 0.272. The summed E-state index contributed by atoms with van der Waals surface area (Å²) in [6.07, 6.45) is 0.683. The molecular formula is C28H32F2N4O2S. The Hall–Kier alpha value is -3.56. The molecule has 6 nitrogen and oxygen atoms in total. The Morgan fingerprint density at radius 2 is 1.70 bits per heavy atom. The average molecular weight is 527 g/mol. The molecule has 0 aromatic heterocycles. The van der Waals surface area contributed by atoms with Crippen molar-refractivity contribution in [3.8, 4) is 5.75 Å². The summed E-state index contributed by atoms with van der Waals surface area (Å²) in [6.45, 7) is 7.66. The summed E-state index contributed by atoms with van der Waals surface area (Å²) >= 11 is 5.41. The summed E-state index contributed by atoms with van der Waals surface area (Å²) in [5.41, 5.74) is 2.04. The first-order valence-corrected chi connectivity index (χ1v) is 12.6. The lowest BCUT2D eigenvalue weighted by Gasteiger charge is -2.20. The van der Waals surface area contributed by atoms with Crippen molar-refractivity contribution in [3.05, 3.63) is 89.5 Å². The Balaban J connectivity index is 1.66. The molecule has 0 heterocycles. The number of nitrogens with zero attached hydrogens (tertiary/aromatic N) is 1. The van der Waals surface area contributed by atoms with E-state index >= 15 is 0 Å². The first-order chi connectivity index (χ1) is 17.9. The molecule has 3 rings (SSSR count). The van der Waals surface area contributed by atoms with Crippen molar-refractivity contribution in [3.63, 3.8) is 0 Å². The van der Waals surface area contributed by atoms with Crippen LogP contribution in [-0.4, -0.2) is 48.7 Å². The molecule has 0 fully saturated rings. The van der Waals surface area contributed by atoms with Gasteiger partial charge in [0.2, 0.25) is 0 Å². The SMILES string of the molecule is CCN(CC)CCOc1cc(NC(=S)NCCc2ccc(F)cc2)ccc1NC(=O)c1ccccc1F. The molecule has 0 unspecified atom stereocenters. The molecule has 3 aromatic carbocycles. The maximum absolute atomic E-state index is 14.1. The molecule has 37 heavy (non-hydrogen) atoms. The number of ether oxygens (including phenoxy) is 1. The lowest BCUT2D eigenvalue weighted by molar-refractivity contribution is 0.102. The van der Waals surface area contributed by atoms with Crippen molar-refractivity contribution in [1.29, 1.82) is 0 Å². The van der Waals surface area contributed by atoms with Gasteiger partial charge in [0.25, 0.3) is 5.91 Å².